The molecule has 0 saturated carbocycles. The topological polar surface area (TPSA) is 9.23 Å². The number of ether oxygens (including phenoxy) is 1. The molecule has 0 aliphatic heterocycles. The third-order valence-electron chi connectivity index (χ3n) is 3.70. The molecule has 2 aliphatic carbocycles. The van der Waals surface area contributed by atoms with Gasteiger partial charge in [-0.3, -0.25) is 6.08 Å². The molecule has 2 aliphatic rings. The SMILES string of the molecule is COCc1cc[c-]c2c1-c1ccccc1C2.C[C](C)=[Zr+2].[C-]1=CC=CC1.[Cl-].[Cl-]. The Morgan fingerprint density at radius 1 is 1.15 bits per heavy atom. The molecular weight excluding hydrogens is 454 g/mol. The molecule has 0 spiro atoms. The summed E-state index contributed by atoms with van der Waals surface area (Å²) in [6, 6.07) is 16.0. The van der Waals surface area contributed by atoms with Gasteiger partial charge in [-0.05, 0) is 6.42 Å². The first-order chi connectivity index (χ1) is 12.1. The van der Waals surface area contributed by atoms with Gasteiger partial charge < -0.3 is 29.6 Å². The molecule has 0 fully saturated rings. The first-order valence-corrected chi connectivity index (χ1v) is 9.69. The van der Waals surface area contributed by atoms with E-state index in [1.807, 2.05) is 18.2 Å². The minimum Gasteiger partial charge on any atom is -1.00 e. The second-order valence-electron chi connectivity index (χ2n) is 6.13. The predicted octanol–water partition coefficient (Wildman–Crippen LogP) is -0.737. The summed E-state index contributed by atoms with van der Waals surface area (Å²) in [6.07, 6.45) is 11.0. The van der Waals surface area contributed by atoms with E-state index in [0.29, 0.717) is 6.61 Å². The van der Waals surface area contributed by atoms with E-state index in [-0.39, 0.29) is 24.8 Å². The van der Waals surface area contributed by atoms with Crippen LogP contribution in [0.3, 0.4) is 0 Å². The van der Waals surface area contributed by atoms with E-state index in [1.165, 1.54) is 31.0 Å². The summed E-state index contributed by atoms with van der Waals surface area (Å²) in [5, 5.41) is 0. The maximum atomic E-state index is 5.25. The average molecular weight is 479 g/mol. The van der Waals surface area contributed by atoms with Crippen molar-refractivity contribution in [3.8, 4) is 11.1 Å². The van der Waals surface area contributed by atoms with Gasteiger partial charge in [-0.15, -0.1) is 23.1 Å². The van der Waals surface area contributed by atoms with Gasteiger partial charge in [0.25, 0.3) is 0 Å². The van der Waals surface area contributed by atoms with Crippen LogP contribution in [0.5, 0.6) is 0 Å². The molecule has 0 heterocycles. The van der Waals surface area contributed by atoms with E-state index >= 15 is 0 Å². The van der Waals surface area contributed by atoms with E-state index in [0.717, 1.165) is 12.8 Å². The van der Waals surface area contributed by atoms with E-state index in [2.05, 4.69) is 62.4 Å². The molecule has 0 N–H and O–H groups in total. The summed E-state index contributed by atoms with van der Waals surface area (Å²) in [5.74, 6) is 0. The van der Waals surface area contributed by atoms with Gasteiger partial charge in [-0.25, -0.2) is 12.2 Å². The Morgan fingerprint density at radius 2 is 1.85 bits per heavy atom. The normalized spacial score (nSPS) is 11.6. The van der Waals surface area contributed by atoms with Crippen LogP contribution in [0.25, 0.3) is 11.1 Å². The minimum absolute atomic E-state index is 0. The predicted molar refractivity (Wildman–Crippen MR) is 102 cm³/mol. The average Bonchev–Trinajstić information content (AvgIpc) is 3.26. The van der Waals surface area contributed by atoms with Gasteiger partial charge >= 0.3 is 41.3 Å². The van der Waals surface area contributed by atoms with Crippen LogP contribution in [0.1, 0.15) is 37.0 Å². The molecule has 0 amide bonds. The smallest absolute Gasteiger partial charge is 0.109 e. The molecule has 142 valence electrons. The number of halogens is 2. The Hall–Kier alpha value is -0.787. The molecule has 0 atom stereocenters. The summed E-state index contributed by atoms with van der Waals surface area (Å²) in [6.45, 7) is 4.92. The number of benzene rings is 2. The van der Waals surface area contributed by atoms with Crippen molar-refractivity contribution >= 4 is 3.21 Å². The van der Waals surface area contributed by atoms with Crippen LogP contribution in [0.15, 0.2) is 54.6 Å². The largest absolute Gasteiger partial charge is 1.00 e. The second-order valence-corrected chi connectivity index (χ2v) is 8.58. The van der Waals surface area contributed by atoms with Gasteiger partial charge in [-0.1, -0.05) is 35.4 Å². The van der Waals surface area contributed by atoms with E-state index in [4.69, 9.17) is 4.74 Å². The van der Waals surface area contributed by atoms with Crippen molar-refractivity contribution in [2.24, 2.45) is 0 Å². The zero-order valence-corrected chi connectivity index (χ0v) is 20.0. The van der Waals surface area contributed by atoms with Gasteiger partial charge in [0.05, 0.1) is 0 Å². The van der Waals surface area contributed by atoms with Crippen molar-refractivity contribution < 1.29 is 53.8 Å². The van der Waals surface area contributed by atoms with Crippen LogP contribution in [-0.4, -0.2) is 10.3 Å². The van der Waals surface area contributed by atoms with E-state index in [9.17, 15) is 0 Å². The molecule has 2 aromatic carbocycles. The fourth-order valence-corrected chi connectivity index (χ4v) is 2.79. The minimum atomic E-state index is 0. The van der Waals surface area contributed by atoms with Crippen molar-refractivity contribution in [1.82, 2.24) is 0 Å². The number of hydrogen-bond acceptors (Lipinski definition) is 1. The molecule has 4 heteroatoms. The second kappa shape index (κ2) is 14.2. The number of fused-ring (bicyclic) bond motifs is 3. The number of rotatable bonds is 2. The van der Waals surface area contributed by atoms with E-state index < -0.39 is 0 Å². The zero-order chi connectivity index (χ0) is 18.1. The molecular formula is C23H24Cl2OZr-2. The van der Waals surface area contributed by atoms with Gasteiger partial charge in [0.15, 0.2) is 0 Å². The van der Waals surface area contributed by atoms with Gasteiger partial charge in [0.2, 0.25) is 0 Å². The Morgan fingerprint density at radius 3 is 2.41 bits per heavy atom. The molecule has 27 heavy (non-hydrogen) atoms. The van der Waals surface area contributed by atoms with Crippen molar-refractivity contribution in [2.45, 2.75) is 33.3 Å². The molecule has 4 rings (SSSR count). The quantitative estimate of drug-likeness (QED) is 0.442. The fourth-order valence-electron chi connectivity index (χ4n) is 2.79. The molecule has 0 saturated heterocycles. The van der Waals surface area contributed by atoms with Crippen LogP contribution < -0.4 is 24.8 Å². The Bertz CT molecular complexity index is 768. The van der Waals surface area contributed by atoms with Crippen molar-refractivity contribution in [1.29, 1.82) is 0 Å². The Kier molecular flexibility index (Phi) is 13.8. The van der Waals surface area contributed by atoms with E-state index in [1.54, 1.807) is 31.3 Å². The van der Waals surface area contributed by atoms with Gasteiger partial charge in [0, 0.05) is 13.7 Å². The van der Waals surface area contributed by atoms with Crippen LogP contribution >= 0.6 is 0 Å². The van der Waals surface area contributed by atoms with Crippen molar-refractivity contribution in [3.05, 3.63) is 83.5 Å². The standard InChI is InChI=1S/C15H13O.C5H5.C3H6.2ClH.Zr/c1-16-10-13-7-4-6-12-9-11-5-2-3-8-14(11)15(12)13;1-2-4-5-3-1;1-3-2;;;/h2-5,7-8H,9-10H2,1H3;1-3H,4H2;1-2H3;2*1H;/q2*-1;;;;+2/p-2. The Balaban J connectivity index is 0.000000518. The molecule has 0 radical (unpaired) electrons. The van der Waals surface area contributed by atoms with Crippen LogP contribution in [0.4, 0.5) is 0 Å². The molecule has 1 nitrogen and oxygen atoms in total. The van der Waals surface area contributed by atoms with Crippen LogP contribution in [0, 0.1) is 12.1 Å². The number of hydrogen-bond donors (Lipinski definition) is 0. The third-order valence-corrected chi connectivity index (χ3v) is 3.70. The number of allylic oxidation sites excluding steroid dienone is 4. The maximum absolute atomic E-state index is 5.25. The van der Waals surface area contributed by atoms with Crippen LogP contribution in [-0.2, 0) is 42.0 Å². The summed E-state index contributed by atoms with van der Waals surface area (Å²) >= 11 is 1.55. The third kappa shape index (κ3) is 8.40. The summed E-state index contributed by atoms with van der Waals surface area (Å²) in [4.78, 5) is 0. The summed E-state index contributed by atoms with van der Waals surface area (Å²) in [5.41, 5.74) is 6.65. The zero-order valence-electron chi connectivity index (χ0n) is 16.0. The van der Waals surface area contributed by atoms with Crippen LogP contribution in [0.2, 0.25) is 0 Å². The molecule has 2 aromatic rings. The molecule has 0 bridgehead atoms. The van der Waals surface area contributed by atoms with Crippen molar-refractivity contribution in [3.63, 3.8) is 0 Å². The Labute approximate surface area is 191 Å². The monoisotopic (exact) mass is 476 g/mol. The summed E-state index contributed by atoms with van der Waals surface area (Å²) in [7, 11) is 1.74. The first-order valence-electron chi connectivity index (χ1n) is 8.46. The first kappa shape index (κ1) is 26.2. The fraction of sp³-hybridized carbons (Fsp3) is 0.261. The van der Waals surface area contributed by atoms with Gasteiger partial charge in [0.1, 0.15) is 0 Å². The molecule has 0 aromatic heterocycles. The molecule has 0 unspecified atom stereocenters. The van der Waals surface area contributed by atoms with Crippen molar-refractivity contribution in [2.75, 3.05) is 7.11 Å². The number of methoxy groups -OCH3 is 1. The maximum Gasteiger partial charge on any atom is -0.109 e. The summed E-state index contributed by atoms with van der Waals surface area (Å²) < 4.78 is 6.76. The van der Waals surface area contributed by atoms with Gasteiger partial charge in [-0.2, -0.15) is 24.3 Å².